The summed E-state index contributed by atoms with van der Waals surface area (Å²) in [5.74, 6) is -0.935. The number of carbonyl (C=O) groups is 3. The van der Waals surface area contributed by atoms with Gasteiger partial charge in [-0.25, -0.2) is 0 Å². The fourth-order valence-corrected chi connectivity index (χ4v) is 2.84. The van der Waals surface area contributed by atoms with Crippen molar-refractivity contribution in [3.8, 4) is 0 Å². The van der Waals surface area contributed by atoms with Gasteiger partial charge in [-0.2, -0.15) is 0 Å². The maximum absolute atomic E-state index is 12.5. The van der Waals surface area contributed by atoms with Gasteiger partial charge in [0.1, 0.15) is 5.57 Å². The van der Waals surface area contributed by atoms with Crippen LogP contribution >= 0.6 is 12.2 Å². The van der Waals surface area contributed by atoms with E-state index in [-0.39, 0.29) is 28.4 Å². The first-order valence-electron chi connectivity index (χ1n) is 7.66. The zero-order valence-electron chi connectivity index (χ0n) is 13.8. The van der Waals surface area contributed by atoms with E-state index in [1.54, 1.807) is 30.3 Å². The Morgan fingerprint density at radius 3 is 2.00 bits per heavy atom. The third kappa shape index (κ3) is 3.51. The molecule has 0 aliphatic carbocycles. The van der Waals surface area contributed by atoms with Gasteiger partial charge < -0.3 is 5.32 Å². The van der Waals surface area contributed by atoms with Crippen LogP contribution in [0.4, 0.5) is 5.69 Å². The second-order valence-corrected chi connectivity index (χ2v) is 5.61. The Bertz CT molecular complexity index is 697. The summed E-state index contributed by atoms with van der Waals surface area (Å²) in [6.07, 6.45) is 1.55. The standard InChI is InChI=1S/C17H19N3O3S/c1-4-19-15(22)14(16(23)20(5-2)17(19)24)10-12-6-8-13(9-7-12)18-11(3)21/h6-10H,4-5H2,1-3H3,(H,18,21). The normalized spacial score (nSPS) is 15.0. The number of rotatable bonds is 4. The third-order valence-corrected chi connectivity index (χ3v) is 4.03. The summed E-state index contributed by atoms with van der Waals surface area (Å²) in [6, 6.07) is 6.90. The van der Waals surface area contributed by atoms with Crippen molar-refractivity contribution in [3.05, 3.63) is 35.4 Å². The SMILES string of the molecule is CCN1C(=O)C(=Cc2ccc(NC(C)=O)cc2)C(=O)N(CC)C1=S. The largest absolute Gasteiger partial charge is 0.326 e. The third-order valence-electron chi connectivity index (χ3n) is 3.59. The molecular weight excluding hydrogens is 326 g/mol. The molecule has 6 nitrogen and oxygen atoms in total. The topological polar surface area (TPSA) is 69.7 Å². The lowest BCUT2D eigenvalue weighted by atomic mass is 10.1. The van der Waals surface area contributed by atoms with Crippen molar-refractivity contribution in [1.29, 1.82) is 0 Å². The lowest BCUT2D eigenvalue weighted by molar-refractivity contribution is -0.133. The molecule has 126 valence electrons. The molecule has 1 aliphatic rings. The lowest BCUT2D eigenvalue weighted by Gasteiger charge is -2.35. The molecule has 0 unspecified atom stereocenters. The summed E-state index contributed by atoms with van der Waals surface area (Å²) >= 11 is 5.22. The van der Waals surface area contributed by atoms with E-state index in [0.717, 1.165) is 0 Å². The zero-order valence-corrected chi connectivity index (χ0v) is 14.6. The van der Waals surface area contributed by atoms with E-state index in [1.165, 1.54) is 16.7 Å². The molecule has 1 aromatic rings. The highest BCUT2D eigenvalue weighted by molar-refractivity contribution is 7.80. The molecule has 1 heterocycles. The van der Waals surface area contributed by atoms with E-state index < -0.39 is 0 Å². The highest BCUT2D eigenvalue weighted by atomic mass is 32.1. The van der Waals surface area contributed by atoms with E-state index in [0.29, 0.717) is 24.3 Å². The average molecular weight is 345 g/mol. The molecule has 0 saturated carbocycles. The van der Waals surface area contributed by atoms with Crippen molar-refractivity contribution >= 4 is 46.8 Å². The van der Waals surface area contributed by atoms with Crippen LogP contribution in [0.1, 0.15) is 26.3 Å². The van der Waals surface area contributed by atoms with Gasteiger partial charge in [-0.1, -0.05) is 12.1 Å². The van der Waals surface area contributed by atoms with Gasteiger partial charge in [0.25, 0.3) is 11.8 Å². The van der Waals surface area contributed by atoms with Gasteiger partial charge in [-0.15, -0.1) is 0 Å². The van der Waals surface area contributed by atoms with Crippen LogP contribution in [0.5, 0.6) is 0 Å². The van der Waals surface area contributed by atoms with Crippen LogP contribution in [0.15, 0.2) is 29.8 Å². The Morgan fingerprint density at radius 1 is 1.08 bits per heavy atom. The summed E-state index contributed by atoms with van der Waals surface area (Å²) in [7, 11) is 0. The first-order chi connectivity index (χ1) is 11.4. The summed E-state index contributed by atoms with van der Waals surface area (Å²) in [4.78, 5) is 38.9. The minimum absolute atomic E-state index is 0.0829. The highest BCUT2D eigenvalue weighted by Crippen LogP contribution is 2.21. The van der Waals surface area contributed by atoms with Crippen LogP contribution in [-0.4, -0.2) is 45.7 Å². The molecule has 7 heteroatoms. The molecule has 0 radical (unpaired) electrons. The van der Waals surface area contributed by atoms with E-state index in [1.807, 2.05) is 13.8 Å². The van der Waals surface area contributed by atoms with Crippen LogP contribution < -0.4 is 5.32 Å². The highest BCUT2D eigenvalue weighted by Gasteiger charge is 2.37. The van der Waals surface area contributed by atoms with Gasteiger partial charge in [0.05, 0.1) is 0 Å². The second kappa shape index (κ2) is 7.35. The molecule has 1 fully saturated rings. The van der Waals surface area contributed by atoms with E-state index in [2.05, 4.69) is 5.32 Å². The van der Waals surface area contributed by atoms with Crippen molar-refractivity contribution in [3.63, 3.8) is 0 Å². The molecule has 1 saturated heterocycles. The van der Waals surface area contributed by atoms with Gasteiger partial charge in [-0.05, 0) is 49.8 Å². The molecular formula is C17H19N3O3S. The molecule has 0 aromatic heterocycles. The van der Waals surface area contributed by atoms with Crippen LogP contribution in [-0.2, 0) is 14.4 Å². The monoisotopic (exact) mass is 345 g/mol. The van der Waals surface area contributed by atoms with Crippen LogP contribution in [0.3, 0.4) is 0 Å². The number of anilines is 1. The molecule has 1 aliphatic heterocycles. The molecule has 1 aromatic carbocycles. The predicted molar refractivity (Wildman–Crippen MR) is 96.1 cm³/mol. The van der Waals surface area contributed by atoms with Crippen molar-refractivity contribution in [2.45, 2.75) is 20.8 Å². The van der Waals surface area contributed by atoms with Crippen molar-refractivity contribution < 1.29 is 14.4 Å². The molecule has 24 heavy (non-hydrogen) atoms. The molecule has 0 bridgehead atoms. The summed E-state index contributed by atoms with van der Waals surface area (Å²) in [5, 5.41) is 2.91. The van der Waals surface area contributed by atoms with E-state index in [4.69, 9.17) is 12.2 Å². The van der Waals surface area contributed by atoms with Crippen molar-refractivity contribution in [2.75, 3.05) is 18.4 Å². The zero-order chi connectivity index (χ0) is 17.9. The van der Waals surface area contributed by atoms with Gasteiger partial charge in [0.2, 0.25) is 5.91 Å². The minimum Gasteiger partial charge on any atom is -0.326 e. The molecule has 3 amide bonds. The van der Waals surface area contributed by atoms with Gasteiger partial charge in [0.15, 0.2) is 5.11 Å². The Hall–Kier alpha value is -2.54. The number of thiocarbonyl (C=S) groups is 1. The fraction of sp³-hybridized carbons (Fsp3) is 0.294. The number of amides is 3. The molecule has 0 spiro atoms. The quantitative estimate of drug-likeness (QED) is 0.515. The number of likely N-dealkylation sites (N-methyl/N-ethyl adjacent to an activating group) is 2. The fourth-order valence-electron chi connectivity index (χ4n) is 2.42. The number of carbonyl (C=O) groups excluding carboxylic acids is 3. The first-order valence-corrected chi connectivity index (χ1v) is 8.06. The maximum atomic E-state index is 12.5. The molecule has 2 rings (SSSR count). The maximum Gasteiger partial charge on any atom is 0.265 e. The molecule has 1 N–H and O–H groups in total. The number of benzene rings is 1. The van der Waals surface area contributed by atoms with Crippen LogP contribution in [0.25, 0.3) is 6.08 Å². The summed E-state index contributed by atoms with van der Waals surface area (Å²) in [6.45, 7) is 5.86. The van der Waals surface area contributed by atoms with E-state index >= 15 is 0 Å². The Morgan fingerprint density at radius 2 is 1.58 bits per heavy atom. The Kier molecular flexibility index (Phi) is 5.46. The van der Waals surface area contributed by atoms with Crippen molar-refractivity contribution in [1.82, 2.24) is 9.80 Å². The average Bonchev–Trinajstić information content (AvgIpc) is 2.53. The Labute approximate surface area is 146 Å². The summed E-state index contributed by atoms with van der Waals surface area (Å²) in [5.41, 5.74) is 1.43. The number of nitrogens with one attached hydrogen (secondary N) is 1. The number of hydrogen-bond donors (Lipinski definition) is 1. The summed E-state index contributed by atoms with van der Waals surface area (Å²) < 4.78 is 0. The van der Waals surface area contributed by atoms with Gasteiger partial charge >= 0.3 is 0 Å². The van der Waals surface area contributed by atoms with Crippen LogP contribution in [0.2, 0.25) is 0 Å². The Balaban J connectivity index is 2.35. The molecule has 0 atom stereocenters. The first kappa shape index (κ1) is 17.8. The lowest BCUT2D eigenvalue weighted by Crippen LogP contribution is -2.55. The smallest absolute Gasteiger partial charge is 0.265 e. The van der Waals surface area contributed by atoms with Gasteiger partial charge in [-0.3, -0.25) is 24.2 Å². The van der Waals surface area contributed by atoms with Gasteiger partial charge in [0, 0.05) is 25.7 Å². The predicted octanol–water partition coefficient (Wildman–Crippen LogP) is 2.02. The van der Waals surface area contributed by atoms with E-state index in [9.17, 15) is 14.4 Å². The second-order valence-electron chi connectivity index (χ2n) is 5.24. The van der Waals surface area contributed by atoms with Crippen molar-refractivity contribution in [2.24, 2.45) is 0 Å². The number of hydrogen-bond acceptors (Lipinski definition) is 4. The van der Waals surface area contributed by atoms with Crippen LogP contribution in [0, 0.1) is 0 Å². The number of nitrogens with zero attached hydrogens (tertiary/aromatic N) is 2. The minimum atomic E-state index is -0.386.